The predicted octanol–water partition coefficient (Wildman–Crippen LogP) is 4.72. The molecule has 0 saturated heterocycles. The molecule has 0 fully saturated rings. The molecule has 0 unspecified atom stereocenters. The van der Waals surface area contributed by atoms with Crippen LogP contribution in [0.25, 0.3) is 0 Å². The summed E-state index contributed by atoms with van der Waals surface area (Å²) in [6, 6.07) is 11.8. The first-order valence-corrected chi connectivity index (χ1v) is 8.93. The zero-order valence-corrected chi connectivity index (χ0v) is 16.1. The second kappa shape index (κ2) is 9.82. The number of hydrogen-bond donors (Lipinski definition) is 2. The molecule has 8 heteroatoms. The van der Waals surface area contributed by atoms with Gasteiger partial charge >= 0.3 is 0 Å². The van der Waals surface area contributed by atoms with Gasteiger partial charge in [-0.25, -0.2) is 0 Å². The van der Waals surface area contributed by atoms with Crippen LogP contribution in [0.5, 0.6) is 5.75 Å². The summed E-state index contributed by atoms with van der Waals surface area (Å²) >= 11 is 22.9. The van der Waals surface area contributed by atoms with E-state index >= 15 is 0 Å². The van der Waals surface area contributed by atoms with Gasteiger partial charge in [0.2, 0.25) is 0 Å². The summed E-state index contributed by atoms with van der Waals surface area (Å²) in [6.45, 7) is 0.974. The number of amides is 1. The average Bonchev–Trinajstić information content (AvgIpc) is 2.56. The molecule has 0 aliphatic heterocycles. The first-order valence-electron chi connectivity index (χ1n) is 7.39. The molecule has 2 aromatic carbocycles. The molecule has 0 bridgehead atoms. The van der Waals surface area contributed by atoms with Gasteiger partial charge in [0, 0.05) is 11.6 Å². The van der Waals surface area contributed by atoms with Gasteiger partial charge in [-0.3, -0.25) is 10.1 Å². The smallest absolute Gasteiger partial charge is 0.258 e. The van der Waals surface area contributed by atoms with E-state index in [-0.39, 0.29) is 11.0 Å². The number of rotatable bonds is 6. The summed E-state index contributed by atoms with van der Waals surface area (Å²) in [4.78, 5) is 12.0. The lowest BCUT2D eigenvalue weighted by molar-refractivity contribution is 0.0977. The third kappa shape index (κ3) is 6.36. The molecule has 2 rings (SSSR count). The first-order chi connectivity index (χ1) is 12.0. The van der Waals surface area contributed by atoms with E-state index in [2.05, 4.69) is 10.6 Å². The standard InChI is InChI=1S/C17H15Cl3N2O2S/c18-11-6-7-15(14(20)10-11)24-9-3-8-21-17(25)22-16(23)12-4-1-2-5-13(12)19/h1-2,4-7,10H,3,8-9H2,(H2,21,22,23,25). The highest BCUT2D eigenvalue weighted by Crippen LogP contribution is 2.27. The average molecular weight is 418 g/mol. The molecule has 0 spiro atoms. The molecule has 4 nitrogen and oxygen atoms in total. The zero-order valence-electron chi connectivity index (χ0n) is 13.0. The number of thiocarbonyl (C=S) groups is 1. The first kappa shape index (κ1) is 19.8. The van der Waals surface area contributed by atoms with Crippen LogP contribution >= 0.6 is 47.0 Å². The Balaban J connectivity index is 1.68. The molecular weight excluding hydrogens is 403 g/mol. The summed E-state index contributed by atoms with van der Waals surface area (Å²) in [5.74, 6) is 0.216. The van der Waals surface area contributed by atoms with E-state index in [1.54, 1.807) is 42.5 Å². The van der Waals surface area contributed by atoms with Crippen molar-refractivity contribution in [3.63, 3.8) is 0 Å². The fourth-order valence-corrected chi connectivity index (χ4v) is 2.79. The van der Waals surface area contributed by atoms with Crippen molar-refractivity contribution in [3.8, 4) is 5.75 Å². The SMILES string of the molecule is O=C(NC(=S)NCCCOc1ccc(Cl)cc1Cl)c1ccccc1Cl. The molecule has 0 saturated carbocycles. The zero-order chi connectivity index (χ0) is 18.2. The van der Waals surface area contributed by atoms with E-state index in [0.29, 0.717) is 46.0 Å². The summed E-state index contributed by atoms with van der Waals surface area (Å²) in [5.41, 5.74) is 0.369. The quantitative estimate of drug-likeness (QED) is 0.527. The highest BCUT2D eigenvalue weighted by molar-refractivity contribution is 7.80. The molecule has 0 atom stereocenters. The summed E-state index contributed by atoms with van der Waals surface area (Å²) < 4.78 is 5.56. The molecule has 0 aromatic heterocycles. The number of carbonyl (C=O) groups excluding carboxylic acids is 1. The monoisotopic (exact) mass is 416 g/mol. The number of ether oxygens (including phenoxy) is 1. The topological polar surface area (TPSA) is 50.4 Å². The molecule has 1 amide bonds. The number of nitrogens with one attached hydrogen (secondary N) is 2. The Hall–Kier alpha value is -1.53. The van der Waals surface area contributed by atoms with Crippen molar-refractivity contribution in [2.24, 2.45) is 0 Å². The highest BCUT2D eigenvalue weighted by Gasteiger charge is 2.10. The summed E-state index contributed by atoms with van der Waals surface area (Å²) in [5, 5.41) is 7.13. The van der Waals surface area contributed by atoms with E-state index < -0.39 is 0 Å². The Morgan fingerprint density at radius 1 is 1.08 bits per heavy atom. The Kier molecular flexibility index (Phi) is 7.78. The third-order valence-electron chi connectivity index (χ3n) is 3.10. The van der Waals surface area contributed by atoms with Crippen LogP contribution < -0.4 is 15.4 Å². The molecule has 0 aliphatic rings. The second-order valence-electron chi connectivity index (χ2n) is 4.97. The van der Waals surface area contributed by atoms with E-state index in [9.17, 15) is 4.79 Å². The van der Waals surface area contributed by atoms with Gasteiger partial charge in [0.05, 0.1) is 22.2 Å². The van der Waals surface area contributed by atoms with Crippen molar-refractivity contribution in [3.05, 3.63) is 63.1 Å². The van der Waals surface area contributed by atoms with Gasteiger partial charge in [0.25, 0.3) is 5.91 Å². The van der Waals surface area contributed by atoms with Crippen molar-refractivity contribution in [2.75, 3.05) is 13.2 Å². The lowest BCUT2D eigenvalue weighted by Crippen LogP contribution is -2.40. The fraction of sp³-hybridized carbons (Fsp3) is 0.176. The Morgan fingerprint density at radius 3 is 2.56 bits per heavy atom. The lowest BCUT2D eigenvalue weighted by atomic mass is 10.2. The lowest BCUT2D eigenvalue weighted by Gasteiger charge is -2.11. The van der Waals surface area contributed by atoms with E-state index in [1.165, 1.54) is 0 Å². The van der Waals surface area contributed by atoms with Gasteiger partial charge < -0.3 is 10.1 Å². The van der Waals surface area contributed by atoms with Crippen LogP contribution in [0.2, 0.25) is 15.1 Å². The number of carbonyl (C=O) groups is 1. The van der Waals surface area contributed by atoms with Crippen molar-refractivity contribution >= 4 is 58.0 Å². The molecule has 2 N–H and O–H groups in total. The number of halogens is 3. The van der Waals surface area contributed by atoms with Crippen LogP contribution in [0.3, 0.4) is 0 Å². The maximum Gasteiger partial charge on any atom is 0.258 e. The summed E-state index contributed by atoms with van der Waals surface area (Å²) in [7, 11) is 0. The summed E-state index contributed by atoms with van der Waals surface area (Å²) in [6.07, 6.45) is 0.668. The minimum Gasteiger partial charge on any atom is -0.492 e. The molecular formula is C17H15Cl3N2O2S. The van der Waals surface area contributed by atoms with Crippen LogP contribution in [0.4, 0.5) is 0 Å². The number of benzene rings is 2. The fourth-order valence-electron chi connectivity index (χ4n) is 1.91. The van der Waals surface area contributed by atoms with Gasteiger partial charge in [0.1, 0.15) is 5.75 Å². The predicted molar refractivity (Wildman–Crippen MR) is 106 cm³/mol. The van der Waals surface area contributed by atoms with Gasteiger partial charge in [0.15, 0.2) is 5.11 Å². The Labute approximate surface area is 166 Å². The van der Waals surface area contributed by atoms with Crippen LogP contribution in [0.15, 0.2) is 42.5 Å². The van der Waals surface area contributed by atoms with Crippen LogP contribution in [-0.4, -0.2) is 24.2 Å². The highest BCUT2D eigenvalue weighted by atomic mass is 35.5. The van der Waals surface area contributed by atoms with Crippen molar-refractivity contribution in [1.29, 1.82) is 0 Å². The van der Waals surface area contributed by atoms with Crippen LogP contribution in [0, 0.1) is 0 Å². The van der Waals surface area contributed by atoms with Gasteiger partial charge in [-0.05, 0) is 49.0 Å². The minimum atomic E-state index is -0.354. The van der Waals surface area contributed by atoms with Crippen molar-refractivity contribution in [2.45, 2.75) is 6.42 Å². The molecule has 132 valence electrons. The molecule has 25 heavy (non-hydrogen) atoms. The maximum absolute atomic E-state index is 12.0. The van der Waals surface area contributed by atoms with Crippen molar-refractivity contribution < 1.29 is 9.53 Å². The van der Waals surface area contributed by atoms with Gasteiger partial charge in [-0.15, -0.1) is 0 Å². The van der Waals surface area contributed by atoms with E-state index in [1.807, 2.05) is 0 Å². The molecule has 0 aliphatic carbocycles. The Bertz CT molecular complexity index is 771. The van der Waals surface area contributed by atoms with Gasteiger partial charge in [-0.2, -0.15) is 0 Å². The molecule has 0 heterocycles. The number of hydrogen-bond acceptors (Lipinski definition) is 3. The van der Waals surface area contributed by atoms with E-state index in [4.69, 9.17) is 51.8 Å². The van der Waals surface area contributed by atoms with Gasteiger partial charge in [-0.1, -0.05) is 46.9 Å². The Morgan fingerprint density at radius 2 is 1.84 bits per heavy atom. The minimum absolute atomic E-state index is 0.231. The van der Waals surface area contributed by atoms with Crippen molar-refractivity contribution in [1.82, 2.24) is 10.6 Å². The van der Waals surface area contributed by atoms with Crippen LogP contribution in [0.1, 0.15) is 16.8 Å². The third-order valence-corrected chi connectivity index (χ3v) is 4.21. The van der Waals surface area contributed by atoms with E-state index in [0.717, 1.165) is 0 Å². The van der Waals surface area contributed by atoms with Crippen LogP contribution in [-0.2, 0) is 0 Å². The molecule has 0 radical (unpaired) electrons. The normalized spacial score (nSPS) is 10.2. The second-order valence-corrected chi connectivity index (χ2v) is 6.63. The largest absolute Gasteiger partial charge is 0.492 e. The maximum atomic E-state index is 12.0. The molecule has 2 aromatic rings.